The highest BCUT2D eigenvalue weighted by Gasteiger charge is 2.19. The molecule has 0 fully saturated rings. The lowest BCUT2D eigenvalue weighted by Crippen LogP contribution is -2.18. The molecule has 35 heavy (non-hydrogen) atoms. The molecule has 0 unspecified atom stereocenters. The summed E-state index contributed by atoms with van der Waals surface area (Å²) in [6, 6.07) is 19.4. The molecule has 1 heterocycles. The molecule has 1 amide bonds. The Balaban J connectivity index is 1.54. The minimum atomic E-state index is -3.85. The number of carbonyl (C=O) groups excluding carboxylic acids is 1. The molecule has 4 aromatic rings. The van der Waals surface area contributed by atoms with E-state index in [2.05, 4.69) is 19.5 Å². The van der Waals surface area contributed by atoms with E-state index in [4.69, 9.17) is 0 Å². The van der Waals surface area contributed by atoms with Crippen molar-refractivity contribution in [2.24, 2.45) is 0 Å². The predicted octanol–water partition coefficient (Wildman–Crippen LogP) is 4.87. The summed E-state index contributed by atoms with van der Waals surface area (Å²) in [6.07, 6.45) is 2.04. The zero-order valence-corrected chi connectivity index (χ0v) is 21.2. The number of hydrogen-bond acceptors (Lipinski definition) is 4. The van der Waals surface area contributed by atoms with Crippen LogP contribution >= 0.6 is 0 Å². The van der Waals surface area contributed by atoms with Crippen molar-refractivity contribution in [1.29, 1.82) is 0 Å². The lowest BCUT2D eigenvalue weighted by molar-refractivity contribution is 0.102. The molecule has 0 saturated carbocycles. The number of rotatable bonds is 8. The van der Waals surface area contributed by atoms with Crippen molar-refractivity contribution >= 4 is 38.2 Å². The smallest absolute Gasteiger partial charge is 0.261 e. The van der Waals surface area contributed by atoms with Crippen LogP contribution in [0.25, 0.3) is 10.9 Å². The third-order valence-electron chi connectivity index (χ3n) is 5.88. The van der Waals surface area contributed by atoms with E-state index in [0.717, 1.165) is 29.6 Å². The van der Waals surface area contributed by atoms with E-state index in [9.17, 15) is 13.2 Å². The largest absolute Gasteiger partial charge is 0.346 e. The number of hydrogen-bond donors (Lipinski definition) is 2. The second kappa shape index (κ2) is 9.93. The van der Waals surface area contributed by atoms with Crippen molar-refractivity contribution in [3.05, 3.63) is 89.6 Å². The first-order valence-electron chi connectivity index (χ1n) is 11.4. The molecule has 1 aromatic heterocycles. The van der Waals surface area contributed by atoms with Crippen molar-refractivity contribution in [2.45, 2.75) is 25.3 Å². The highest BCUT2D eigenvalue weighted by molar-refractivity contribution is 7.92. The van der Waals surface area contributed by atoms with Crippen LogP contribution in [0.3, 0.4) is 0 Å². The number of benzene rings is 3. The summed E-state index contributed by atoms with van der Waals surface area (Å²) in [7, 11) is 0.238. The van der Waals surface area contributed by atoms with Gasteiger partial charge in [0.1, 0.15) is 0 Å². The maximum atomic E-state index is 13.1. The average molecular weight is 491 g/mol. The summed E-state index contributed by atoms with van der Waals surface area (Å²) in [5.74, 6) is -0.360. The van der Waals surface area contributed by atoms with Gasteiger partial charge in [0.25, 0.3) is 15.9 Å². The Morgan fingerprint density at radius 2 is 1.63 bits per heavy atom. The summed E-state index contributed by atoms with van der Waals surface area (Å²) < 4.78 is 30.6. The van der Waals surface area contributed by atoms with Crippen LogP contribution in [0.4, 0.5) is 11.4 Å². The van der Waals surface area contributed by atoms with Crippen molar-refractivity contribution in [3.8, 4) is 0 Å². The van der Waals surface area contributed by atoms with Gasteiger partial charge in [-0.05, 0) is 82.0 Å². The quantitative estimate of drug-likeness (QED) is 0.369. The van der Waals surface area contributed by atoms with Gasteiger partial charge in [0.2, 0.25) is 0 Å². The summed E-state index contributed by atoms with van der Waals surface area (Å²) in [5, 5.41) is 3.94. The standard InChI is InChI=1S/C27H30N4O3S/c1-19-5-8-22(9-6-19)29-35(33,34)24-11-7-20(2)25(18-24)27(32)28-23-10-12-26-21(17-23)13-14-31(26)16-15-30(3)4/h5-14,17-18,29H,15-16H2,1-4H3,(H,28,32). The summed E-state index contributed by atoms with van der Waals surface area (Å²) in [6.45, 7) is 5.52. The van der Waals surface area contributed by atoms with Gasteiger partial charge in [-0.2, -0.15) is 0 Å². The predicted molar refractivity (Wildman–Crippen MR) is 142 cm³/mol. The van der Waals surface area contributed by atoms with Gasteiger partial charge in [-0.15, -0.1) is 0 Å². The van der Waals surface area contributed by atoms with Crippen LogP contribution < -0.4 is 10.0 Å². The molecule has 4 rings (SSSR count). The van der Waals surface area contributed by atoms with Crippen LogP contribution in [0.5, 0.6) is 0 Å². The molecular weight excluding hydrogens is 460 g/mol. The highest BCUT2D eigenvalue weighted by Crippen LogP contribution is 2.23. The molecule has 0 aliphatic heterocycles. The van der Waals surface area contributed by atoms with Crippen LogP contribution in [0.15, 0.2) is 77.8 Å². The van der Waals surface area contributed by atoms with Crippen LogP contribution in [0.1, 0.15) is 21.5 Å². The summed E-state index contributed by atoms with van der Waals surface area (Å²) in [5.41, 5.74) is 4.24. The molecule has 0 aliphatic rings. The number of aryl methyl sites for hydroxylation is 2. The van der Waals surface area contributed by atoms with Gasteiger partial charge in [0.05, 0.1) is 4.90 Å². The van der Waals surface area contributed by atoms with E-state index in [0.29, 0.717) is 22.5 Å². The topological polar surface area (TPSA) is 83.4 Å². The number of anilines is 2. The SMILES string of the molecule is Cc1ccc(NS(=O)(=O)c2ccc(C)c(C(=O)Nc3ccc4c(ccn4CCN(C)C)c3)c2)cc1. The van der Waals surface area contributed by atoms with Gasteiger partial charge in [-0.1, -0.05) is 23.8 Å². The fourth-order valence-corrected chi connectivity index (χ4v) is 4.91. The molecule has 0 bridgehead atoms. The van der Waals surface area contributed by atoms with E-state index in [1.807, 2.05) is 63.6 Å². The van der Waals surface area contributed by atoms with Crippen LogP contribution in [0, 0.1) is 13.8 Å². The number of nitrogens with one attached hydrogen (secondary N) is 2. The van der Waals surface area contributed by atoms with Gasteiger partial charge >= 0.3 is 0 Å². The van der Waals surface area contributed by atoms with E-state index in [1.165, 1.54) is 12.1 Å². The first-order chi connectivity index (χ1) is 16.6. The highest BCUT2D eigenvalue weighted by atomic mass is 32.2. The van der Waals surface area contributed by atoms with Crippen LogP contribution in [-0.2, 0) is 16.6 Å². The Morgan fingerprint density at radius 3 is 2.34 bits per heavy atom. The zero-order chi connectivity index (χ0) is 25.2. The Hall–Kier alpha value is -3.62. The van der Waals surface area contributed by atoms with E-state index in [1.54, 1.807) is 25.1 Å². The number of fused-ring (bicyclic) bond motifs is 1. The van der Waals surface area contributed by atoms with E-state index in [-0.39, 0.29) is 10.8 Å². The van der Waals surface area contributed by atoms with E-state index < -0.39 is 10.0 Å². The number of aromatic nitrogens is 1. The minimum Gasteiger partial charge on any atom is -0.346 e. The van der Waals surface area contributed by atoms with Gasteiger partial charge in [0.15, 0.2) is 0 Å². The molecule has 0 aliphatic carbocycles. The normalized spacial score (nSPS) is 11.7. The Bertz CT molecular complexity index is 1470. The molecule has 0 spiro atoms. The van der Waals surface area contributed by atoms with Gasteiger partial charge < -0.3 is 14.8 Å². The fourth-order valence-electron chi connectivity index (χ4n) is 3.83. The second-order valence-electron chi connectivity index (χ2n) is 8.99. The van der Waals surface area contributed by atoms with E-state index >= 15 is 0 Å². The van der Waals surface area contributed by atoms with Crippen molar-refractivity contribution in [3.63, 3.8) is 0 Å². The third kappa shape index (κ3) is 5.72. The monoisotopic (exact) mass is 490 g/mol. The minimum absolute atomic E-state index is 0.0299. The number of sulfonamides is 1. The average Bonchev–Trinajstić information content (AvgIpc) is 3.21. The molecule has 0 radical (unpaired) electrons. The molecular formula is C27H30N4O3S. The van der Waals surface area contributed by atoms with Crippen LogP contribution in [0.2, 0.25) is 0 Å². The number of carbonyl (C=O) groups is 1. The molecule has 0 saturated heterocycles. The number of likely N-dealkylation sites (N-methyl/N-ethyl adjacent to an activating group) is 1. The van der Waals surface area contributed by atoms with Gasteiger partial charge in [0, 0.05) is 47.1 Å². The lowest BCUT2D eigenvalue weighted by atomic mass is 10.1. The van der Waals surface area contributed by atoms with Gasteiger partial charge in [-0.25, -0.2) is 8.42 Å². The van der Waals surface area contributed by atoms with Crippen molar-refractivity contribution in [2.75, 3.05) is 30.7 Å². The Kier molecular flexibility index (Phi) is 6.95. The van der Waals surface area contributed by atoms with Crippen molar-refractivity contribution in [1.82, 2.24) is 9.47 Å². The number of nitrogens with zero attached hydrogens (tertiary/aromatic N) is 2. The summed E-state index contributed by atoms with van der Waals surface area (Å²) in [4.78, 5) is 15.3. The molecule has 8 heteroatoms. The zero-order valence-electron chi connectivity index (χ0n) is 20.4. The molecule has 7 nitrogen and oxygen atoms in total. The fraction of sp³-hybridized carbons (Fsp3) is 0.222. The molecule has 0 atom stereocenters. The van der Waals surface area contributed by atoms with Crippen molar-refractivity contribution < 1.29 is 13.2 Å². The Labute approximate surface area is 206 Å². The molecule has 2 N–H and O–H groups in total. The second-order valence-corrected chi connectivity index (χ2v) is 10.7. The summed E-state index contributed by atoms with van der Waals surface area (Å²) >= 11 is 0. The van der Waals surface area contributed by atoms with Crippen LogP contribution in [-0.4, -0.2) is 44.4 Å². The lowest BCUT2D eigenvalue weighted by Gasteiger charge is -2.13. The first-order valence-corrected chi connectivity index (χ1v) is 12.9. The maximum absolute atomic E-state index is 13.1. The number of amides is 1. The molecule has 182 valence electrons. The third-order valence-corrected chi connectivity index (χ3v) is 7.26. The maximum Gasteiger partial charge on any atom is 0.261 e. The van der Waals surface area contributed by atoms with Gasteiger partial charge in [-0.3, -0.25) is 9.52 Å². The Morgan fingerprint density at radius 1 is 0.914 bits per heavy atom. The molecule has 3 aromatic carbocycles. The first kappa shape index (κ1) is 24.5.